The van der Waals surface area contributed by atoms with Crippen LogP contribution in [0.15, 0.2) is 24.3 Å². The van der Waals surface area contributed by atoms with Gasteiger partial charge in [-0.2, -0.15) is 5.10 Å². The number of rotatable bonds is 4. The zero-order valence-electron chi connectivity index (χ0n) is 13.1. The van der Waals surface area contributed by atoms with Crippen LogP contribution in [0.2, 0.25) is 0 Å². The molecule has 2 aromatic rings. The number of hydrogen-bond donors (Lipinski definition) is 2. The SMILES string of the molecule is Cc1nn(-c2ccc(F)cc2)c(C)c1C(=O)NCC1CNC1.Cl. The van der Waals surface area contributed by atoms with Gasteiger partial charge in [-0.25, -0.2) is 9.07 Å². The van der Waals surface area contributed by atoms with E-state index in [0.717, 1.165) is 24.5 Å². The third-order valence-corrected chi connectivity index (χ3v) is 4.01. The van der Waals surface area contributed by atoms with E-state index in [2.05, 4.69) is 15.7 Å². The van der Waals surface area contributed by atoms with Crippen LogP contribution in [0.25, 0.3) is 5.69 Å². The predicted octanol–water partition coefficient (Wildman–Crippen LogP) is 2.00. The number of halogens is 2. The number of benzene rings is 1. The molecular weight excluding hydrogens is 319 g/mol. The number of carbonyl (C=O) groups excluding carboxylic acids is 1. The number of aryl methyl sites for hydroxylation is 1. The van der Waals surface area contributed by atoms with Crippen LogP contribution in [0, 0.1) is 25.6 Å². The van der Waals surface area contributed by atoms with E-state index in [1.807, 2.05) is 13.8 Å². The van der Waals surface area contributed by atoms with Gasteiger partial charge in [0, 0.05) is 25.6 Å². The van der Waals surface area contributed by atoms with Gasteiger partial charge >= 0.3 is 0 Å². The molecule has 2 N–H and O–H groups in total. The van der Waals surface area contributed by atoms with Crippen molar-refractivity contribution in [2.45, 2.75) is 13.8 Å². The second kappa shape index (κ2) is 7.10. The molecule has 1 aromatic heterocycles. The molecule has 7 heteroatoms. The second-order valence-electron chi connectivity index (χ2n) is 5.67. The Bertz CT molecular complexity index is 695. The summed E-state index contributed by atoms with van der Waals surface area (Å²) < 4.78 is 14.7. The van der Waals surface area contributed by atoms with Crippen molar-refractivity contribution < 1.29 is 9.18 Å². The van der Waals surface area contributed by atoms with Crippen LogP contribution in [0.4, 0.5) is 4.39 Å². The van der Waals surface area contributed by atoms with Crippen molar-refractivity contribution in [3.8, 4) is 5.69 Å². The lowest BCUT2D eigenvalue weighted by Crippen LogP contribution is -2.48. The summed E-state index contributed by atoms with van der Waals surface area (Å²) in [5.74, 6) is 0.115. The normalized spacial score (nSPS) is 14.0. The first-order chi connectivity index (χ1) is 10.6. The third-order valence-electron chi connectivity index (χ3n) is 4.01. The fraction of sp³-hybridized carbons (Fsp3) is 0.375. The number of nitrogens with zero attached hydrogens (tertiary/aromatic N) is 2. The van der Waals surface area contributed by atoms with Crippen molar-refractivity contribution in [2.24, 2.45) is 5.92 Å². The molecule has 1 fully saturated rings. The molecule has 0 bridgehead atoms. The highest BCUT2D eigenvalue weighted by Gasteiger charge is 2.22. The van der Waals surface area contributed by atoms with Crippen molar-refractivity contribution in [3.63, 3.8) is 0 Å². The Kier molecular flexibility index (Phi) is 5.38. The van der Waals surface area contributed by atoms with Crippen LogP contribution in [0.3, 0.4) is 0 Å². The molecule has 1 aliphatic rings. The molecule has 0 atom stereocenters. The highest BCUT2D eigenvalue weighted by Crippen LogP contribution is 2.18. The van der Waals surface area contributed by atoms with Crippen LogP contribution in [-0.2, 0) is 0 Å². The minimum atomic E-state index is -0.294. The van der Waals surface area contributed by atoms with Gasteiger partial charge in [-0.15, -0.1) is 12.4 Å². The summed E-state index contributed by atoms with van der Waals surface area (Å²) in [5.41, 5.74) is 2.76. The monoisotopic (exact) mass is 338 g/mol. The average Bonchev–Trinajstić information content (AvgIpc) is 2.73. The van der Waals surface area contributed by atoms with Gasteiger partial charge in [0.05, 0.1) is 22.6 Å². The lowest BCUT2D eigenvalue weighted by atomic mass is 10.0. The van der Waals surface area contributed by atoms with E-state index in [9.17, 15) is 9.18 Å². The maximum absolute atomic E-state index is 13.0. The van der Waals surface area contributed by atoms with E-state index in [4.69, 9.17) is 0 Å². The molecule has 0 aliphatic carbocycles. The van der Waals surface area contributed by atoms with E-state index in [-0.39, 0.29) is 24.1 Å². The number of nitrogens with one attached hydrogen (secondary N) is 2. The van der Waals surface area contributed by atoms with E-state index in [1.54, 1.807) is 16.8 Å². The Labute approximate surface area is 140 Å². The lowest BCUT2D eigenvalue weighted by molar-refractivity contribution is 0.0941. The van der Waals surface area contributed by atoms with Crippen molar-refractivity contribution in [2.75, 3.05) is 19.6 Å². The summed E-state index contributed by atoms with van der Waals surface area (Å²) in [4.78, 5) is 12.4. The van der Waals surface area contributed by atoms with E-state index < -0.39 is 0 Å². The van der Waals surface area contributed by atoms with Gasteiger partial charge in [0.25, 0.3) is 5.91 Å². The van der Waals surface area contributed by atoms with Gasteiger partial charge in [0.2, 0.25) is 0 Å². The lowest BCUT2D eigenvalue weighted by Gasteiger charge is -2.27. The molecule has 1 saturated heterocycles. The minimum absolute atomic E-state index is 0. The summed E-state index contributed by atoms with van der Waals surface area (Å²) in [6.45, 7) is 6.24. The summed E-state index contributed by atoms with van der Waals surface area (Å²) >= 11 is 0. The Balaban J connectivity index is 0.00000192. The maximum atomic E-state index is 13.0. The standard InChI is InChI=1S/C16H19FN4O.ClH/c1-10-15(16(22)19-9-12-7-18-8-12)11(2)21(20-10)14-5-3-13(17)4-6-14;/h3-6,12,18H,7-9H2,1-2H3,(H,19,22);1H. The molecule has 5 nitrogen and oxygen atoms in total. The van der Waals surface area contributed by atoms with E-state index in [0.29, 0.717) is 23.7 Å². The molecule has 23 heavy (non-hydrogen) atoms. The molecule has 1 amide bonds. The van der Waals surface area contributed by atoms with E-state index in [1.165, 1.54) is 12.1 Å². The van der Waals surface area contributed by atoms with Crippen LogP contribution >= 0.6 is 12.4 Å². The molecule has 0 spiro atoms. The highest BCUT2D eigenvalue weighted by atomic mass is 35.5. The molecule has 124 valence electrons. The first-order valence-electron chi connectivity index (χ1n) is 7.37. The Morgan fingerprint density at radius 2 is 2.00 bits per heavy atom. The van der Waals surface area contributed by atoms with Crippen LogP contribution in [0.1, 0.15) is 21.7 Å². The topological polar surface area (TPSA) is 59.0 Å². The van der Waals surface area contributed by atoms with Crippen molar-refractivity contribution in [3.05, 3.63) is 47.0 Å². The predicted molar refractivity (Wildman–Crippen MR) is 88.9 cm³/mol. The molecule has 3 rings (SSSR count). The summed E-state index contributed by atoms with van der Waals surface area (Å²) in [6.07, 6.45) is 0. The molecule has 0 radical (unpaired) electrons. The highest BCUT2D eigenvalue weighted by molar-refractivity contribution is 5.96. The van der Waals surface area contributed by atoms with Gasteiger partial charge in [-0.05, 0) is 38.1 Å². The number of amides is 1. The summed E-state index contributed by atoms with van der Waals surface area (Å²) in [7, 11) is 0. The number of hydrogen-bond acceptors (Lipinski definition) is 3. The molecule has 2 heterocycles. The molecule has 0 unspecified atom stereocenters. The van der Waals surface area contributed by atoms with Crippen LogP contribution in [-0.4, -0.2) is 35.3 Å². The quantitative estimate of drug-likeness (QED) is 0.896. The van der Waals surface area contributed by atoms with Gasteiger partial charge in [0.15, 0.2) is 0 Å². The molecule has 0 saturated carbocycles. The average molecular weight is 339 g/mol. The fourth-order valence-electron chi connectivity index (χ4n) is 2.62. The fourth-order valence-corrected chi connectivity index (χ4v) is 2.62. The van der Waals surface area contributed by atoms with Gasteiger partial charge in [0.1, 0.15) is 5.82 Å². The Morgan fingerprint density at radius 1 is 1.35 bits per heavy atom. The van der Waals surface area contributed by atoms with E-state index >= 15 is 0 Å². The Hall–Kier alpha value is -1.92. The largest absolute Gasteiger partial charge is 0.352 e. The van der Waals surface area contributed by atoms with Crippen molar-refractivity contribution in [1.82, 2.24) is 20.4 Å². The first kappa shape index (κ1) is 17.4. The van der Waals surface area contributed by atoms with Gasteiger partial charge < -0.3 is 10.6 Å². The third kappa shape index (κ3) is 3.54. The Morgan fingerprint density at radius 3 is 2.57 bits per heavy atom. The second-order valence-corrected chi connectivity index (χ2v) is 5.67. The maximum Gasteiger partial charge on any atom is 0.255 e. The van der Waals surface area contributed by atoms with Crippen LogP contribution < -0.4 is 10.6 Å². The summed E-state index contributed by atoms with van der Waals surface area (Å²) in [6, 6.07) is 6.07. The van der Waals surface area contributed by atoms with Gasteiger partial charge in [-0.1, -0.05) is 0 Å². The zero-order valence-corrected chi connectivity index (χ0v) is 13.9. The smallest absolute Gasteiger partial charge is 0.255 e. The first-order valence-corrected chi connectivity index (χ1v) is 7.37. The molecule has 1 aliphatic heterocycles. The van der Waals surface area contributed by atoms with Crippen molar-refractivity contribution >= 4 is 18.3 Å². The molecule has 1 aromatic carbocycles. The molecular formula is C16H20ClFN4O. The van der Waals surface area contributed by atoms with Crippen LogP contribution in [0.5, 0.6) is 0 Å². The van der Waals surface area contributed by atoms with Gasteiger partial charge in [-0.3, -0.25) is 4.79 Å². The minimum Gasteiger partial charge on any atom is -0.352 e. The number of aromatic nitrogens is 2. The number of carbonyl (C=O) groups is 1. The summed E-state index contributed by atoms with van der Waals surface area (Å²) in [5, 5.41) is 10.6. The zero-order chi connectivity index (χ0) is 15.7. The van der Waals surface area contributed by atoms with Crippen molar-refractivity contribution in [1.29, 1.82) is 0 Å².